The average Bonchev–Trinajstić information content (AvgIpc) is 2.76. The van der Waals surface area contributed by atoms with E-state index < -0.39 is 5.54 Å². The van der Waals surface area contributed by atoms with E-state index in [1.807, 2.05) is 51.3 Å². The number of nitrogens with zero attached hydrogens (tertiary/aromatic N) is 2. The van der Waals surface area contributed by atoms with Gasteiger partial charge in [0.25, 0.3) is 0 Å². The molecule has 120 valence electrons. The molecule has 0 radical (unpaired) electrons. The van der Waals surface area contributed by atoms with Crippen molar-refractivity contribution in [2.24, 2.45) is 7.05 Å². The molecule has 0 aliphatic rings. The molecule has 0 saturated carbocycles. The molecule has 0 spiro atoms. The second-order valence-corrected chi connectivity index (χ2v) is 6.47. The zero-order valence-electron chi connectivity index (χ0n) is 13.7. The third-order valence-corrected chi connectivity index (χ3v) is 4.73. The Hall–Kier alpha value is -1.01. The van der Waals surface area contributed by atoms with Gasteiger partial charge in [-0.1, -0.05) is 6.42 Å². The van der Waals surface area contributed by atoms with Gasteiger partial charge in [0.15, 0.2) is 0 Å². The monoisotopic (exact) mass is 313 g/mol. The van der Waals surface area contributed by atoms with Crippen molar-refractivity contribution < 1.29 is 9.53 Å². The summed E-state index contributed by atoms with van der Waals surface area (Å²) in [7, 11) is 3.78. The summed E-state index contributed by atoms with van der Waals surface area (Å²) in [6, 6.07) is 2.10. The minimum atomic E-state index is -0.580. The van der Waals surface area contributed by atoms with E-state index in [2.05, 4.69) is 16.5 Å². The number of aryl methyl sites for hydroxylation is 2. The van der Waals surface area contributed by atoms with E-state index in [1.54, 1.807) is 0 Å². The second kappa shape index (κ2) is 8.44. The molecule has 1 unspecified atom stereocenters. The summed E-state index contributed by atoms with van der Waals surface area (Å²) in [4.78, 5) is 11.9. The normalized spacial score (nSPS) is 14.0. The largest absolute Gasteiger partial charge is 0.465 e. The Bertz CT molecular complexity index is 462. The first-order chi connectivity index (χ1) is 9.92. The average molecular weight is 313 g/mol. The van der Waals surface area contributed by atoms with Crippen molar-refractivity contribution in [2.75, 3.05) is 19.4 Å². The van der Waals surface area contributed by atoms with Crippen LogP contribution in [0.3, 0.4) is 0 Å². The minimum Gasteiger partial charge on any atom is -0.465 e. The molecule has 0 aliphatic heterocycles. The Kier molecular flexibility index (Phi) is 7.25. The van der Waals surface area contributed by atoms with Crippen LogP contribution >= 0.6 is 11.8 Å². The molecule has 0 amide bonds. The first-order valence-corrected chi connectivity index (χ1v) is 8.41. The van der Waals surface area contributed by atoms with Crippen LogP contribution in [0.2, 0.25) is 0 Å². The van der Waals surface area contributed by atoms with Crippen LogP contribution in [0.15, 0.2) is 11.1 Å². The van der Waals surface area contributed by atoms with Crippen LogP contribution < -0.4 is 5.32 Å². The lowest BCUT2D eigenvalue weighted by molar-refractivity contribution is -0.150. The molecule has 21 heavy (non-hydrogen) atoms. The number of esters is 1. The van der Waals surface area contributed by atoms with E-state index >= 15 is 0 Å². The van der Waals surface area contributed by atoms with Gasteiger partial charge in [-0.15, -0.1) is 11.8 Å². The predicted octanol–water partition coefficient (Wildman–Crippen LogP) is 2.53. The summed E-state index contributed by atoms with van der Waals surface area (Å²) in [5.41, 5.74) is 0.467. The standard InChI is InChI=1S/C15H27N3O2S/c1-6-20-14(19)15(3,16-4)9-7-8-10-21-13-11-12(2)17-18(13)5/h11,16H,6-10H2,1-5H3. The van der Waals surface area contributed by atoms with Gasteiger partial charge >= 0.3 is 5.97 Å². The van der Waals surface area contributed by atoms with Gasteiger partial charge < -0.3 is 10.1 Å². The number of nitrogens with one attached hydrogen (secondary N) is 1. The molecule has 5 nitrogen and oxygen atoms in total. The fourth-order valence-electron chi connectivity index (χ4n) is 2.10. The molecule has 0 aromatic carbocycles. The molecular formula is C15H27N3O2S. The summed E-state index contributed by atoms with van der Waals surface area (Å²) in [6.07, 6.45) is 2.83. The number of hydrogen-bond donors (Lipinski definition) is 1. The number of thioether (sulfide) groups is 1. The Morgan fingerprint density at radius 3 is 2.76 bits per heavy atom. The number of carbonyl (C=O) groups is 1. The van der Waals surface area contributed by atoms with Gasteiger partial charge in [0.2, 0.25) is 0 Å². The molecular weight excluding hydrogens is 286 g/mol. The van der Waals surface area contributed by atoms with Gasteiger partial charge in [-0.25, -0.2) is 0 Å². The van der Waals surface area contributed by atoms with E-state index in [0.717, 1.165) is 30.7 Å². The highest BCUT2D eigenvalue weighted by Gasteiger charge is 2.32. The summed E-state index contributed by atoms with van der Waals surface area (Å²) < 4.78 is 7.04. The van der Waals surface area contributed by atoms with Gasteiger partial charge in [-0.3, -0.25) is 9.48 Å². The number of carbonyl (C=O) groups excluding carboxylic acids is 1. The number of aromatic nitrogens is 2. The third kappa shape index (κ3) is 5.36. The topological polar surface area (TPSA) is 56.1 Å². The Balaban J connectivity index is 2.32. The first kappa shape index (κ1) is 18.0. The molecule has 1 rings (SSSR count). The molecule has 1 heterocycles. The van der Waals surface area contributed by atoms with E-state index in [0.29, 0.717) is 6.61 Å². The summed E-state index contributed by atoms with van der Waals surface area (Å²) in [6.45, 7) is 6.16. The van der Waals surface area contributed by atoms with Crippen molar-refractivity contribution in [3.8, 4) is 0 Å². The maximum Gasteiger partial charge on any atom is 0.326 e. The van der Waals surface area contributed by atoms with Gasteiger partial charge in [-0.05, 0) is 52.5 Å². The fourth-order valence-corrected chi connectivity index (χ4v) is 3.14. The van der Waals surface area contributed by atoms with Crippen LogP contribution in [-0.2, 0) is 16.6 Å². The zero-order valence-corrected chi connectivity index (χ0v) is 14.5. The molecule has 0 aliphatic carbocycles. The molecule has 0 bridgehead atoms. The van der Waals surface area contributed by atoms with Crippen LogP contribution in [-0.4, -0.2) is 40.7 Å². The number of rotatable bonds is 9. The lowest BCUT2D eigenvalue weighted by atomic mass is 9.95. The maximum absolute atomic E-state index is 11.9. The van der Waals surface area contributed by atoms with Crippen molar-refractivity contribution in [3.63, 3.8) is 0 Å². The summed E-state index contributed by atoms with van der Waals surface area (Å²) in [5.74, 6) is 0.865. The molecule has 0 saturated heterocycles. The second-order valence-electron chi connectivity index (χ2n) is 5.36. The smallest absolute Gasteiger partial charge is 0.326 e. The van der Waals surface area contributed by atoms with Crippen molar-refractivity contribution in [1.29, 1.82) is 0 Å². The lowest BCUT2D eigenvalue weighted by Crippen LogP contribution is -2.48. The quantitative estimate of drug-likeness (QED) is 0.431. The number of ether oxygens (including phenoxy) is 1. The van der Waals surface area contributed by atoms with Crippen molar-refractivity contribution in [1.82, 2.24) is 15.1 Å². The van der Waals surface area contributed by atoms with Crippen molar-refractivity contribution >= 4 is 17.7 Å². The first-order valence-electron chi connectivity index (χ1n) is 7.42. The van der Waals surface area contributed by atoms with Crippen LogP contribution in [0.25, 0.3) is 0 Å². The highest BCUT2D eigenvalue weighted by Crippen LogP contribution is 2.22. The third-order valence-electron chi connectivity index (χ3n) is 3.56. The van der Waals surface area contributed by atoms with E-state index in [9.17, 15) is 4.79 Å². The lowest BCUT2D eigenvalue weighted by Gasteiger charge is -2.26. The molecule has 1 N–H and O–H groups in total. The summed E-state index contributed by atoms with van der Waals surface area (Å²) >= 11 is 1.81. The van der Waals surface area contributed by atoms with Crippen molar-refractivity contribution in [2.45, 2.75) is 50.6 Å². The van der Waals surface area contributed by atoms with Crippen LogP contribution in [0, 0.1) is 6.92 Å². The zero-order chi connectivity index (χ0) is 15.9. The minimum absolute atomic E-state index is 0.164. The molecule has 1 aromatic rings. The van der Waals surface area contributed by atoms with Gasteiger partial charge in [0, 0.05) is 7.05 Å². The van der Waals surface area contributed by atoms with Crippen molar-refractivity contribution in [3.05, 3.63) is 11.8 Å². The van der Waals surface area contributed by atoms with Gasteiger partial charge in [-0.2, -0.15) is 5.10 Å². The summed E-state index contributed by atoms with van der Waals surface area (Å²) in [5, 5.41) is 8.61. The van der Waals surface area contributed by atoms with E-state index in [-0.39, 0.29) is 5.97 Å². The Morgan fingerprint density at radius 2 is 2.24 bits per heavy atom. The molecule has 6 heteroatoms. The van der Waals surface area contributed by atoms with Crippen LogP contribution in [0.1, 0.15) is 38.8 Å². The van der Waals surface area contributed by atoms with Gasteiger partial charge in [0.05, 0.1) is 17.3 Å². The highest BCUT2D eigenvalue weighted by atomic mass is 32.2. The SMILES string of the molecule is CCOC(=O)C(C)(CCCCSc1cc(C)nn1C)NC. The number of hydrogen-bond acceptors (Lipinski definition) is 5. The van der Waals surface area contributed by atoms with Gasteiger partial charge in [0.1, 0.15) is 5.54 Å². The van der Waals surface area contributed by atoms with Crippen LogP contribution in [0.5, 0.6) is 0 Å². The van der Waals surface area contributed by atoms with Crippen LogP contribution in [0.4, 0.5) is 0 Å². The predicted molar refractivity (Wildman–Crippen MR) is 86.6 cm³/mol. The molecule has 1 aromatic heterocycles. The molecule has 1 atom stereocenters. The maximum atomic E-state index is 11.9. The van der Waals surface area contributed by atoms with E-state index in [4.69, 9.17) is 4.74 Å². The highest BCUT2D eigenvalue weighted by molar-refractivity contribution is 7.99. The van der Waals surface area contributed by atoms with E-state index in [1.165, 1.54) is 5.03 Å². The fraction of sp³-hybridized carbons (Fsp3) is 0.733. The number of likely N-dealkylation sites (N-methyl/N-ethyl adjacent to an activating group) is 1. The molecule has 0 fully saturated rings. The number of unbranched alkanes of at least 4 members (excludes halogenated alkanes) is 1. The Morgan fingerprint density at radius 1 is 1.52 bits per heavy atom. The Labute approximate surface area is 131 Å².